The number of carbonyl (C=O) groups excluding carboxylic acids is 1. The van der Waals surface area contributed by atoms with Gasteiger partial charge in [-0.15, -0.1) is 4.79 Å². The molecule has 2 rings (SSSR count). The third kappa shape index (κ3) is 2.05. The Morgan fingerprint density at radius 3 is 2.59 bits per heavy atom. The highest BCUT2D eigenvalue weighted by Gasteiger charge is 2.46. The molecule has 1 saturated heterocycles. The minimum Gasteiger partial charge on any atom is -0.452 e. The van der Waals surface area contributed by atoms with Crippen molar-refractivity contribution in [2.24, 2.45) is 0 Å². The number of ether oxygens (including phenoxy) is 1. The average Bonchev–Trinajstić information content (AvgIpc) is 2.30. The zero-order valence-corrected chi connectivity index (χ0v) is 9.89. The van der Waals surface area contributed by atoms with Crippen LogP contribution in [-0.2, 0) is 20.3 Å². The summed E-state index contributed by atoms with van der Waals surface area (Å²) in [5.74, 6) is -0.828. The highest BCUT2D eigenvalue weighted by Crippen LogP contribution is 2.29. The lowest BCUT2D eigenvalue weighted by Gasteiger charge is -2.25. The first kappa shape index (κ1) is 11.7. The lowest BCUT2D eigenvalue weighted by Crippen LogP contribution is -2.40. The van der Waals surface area contributed by atoms with Gasteiger partial charge in [-0.1, -0.05) is 30.3 Å². The number of esters is 1. The van der Waals surface area contributed by atoms with Crippen LogP contribution in [0.2, 0.25) is 0 Å². The van der Waals surface area contributed by atoms with Crippen LogP contribution in [0.3, 0.4) is 0 Å². The minimum atomic E-state index is -1.70. The van der Waals surface area contributed by atoms with E-state index >= 15 is 0 Å². The van der Waals surface area contributed by atoms with Gasteiger partial charge in [-0.25, -0.2) is 9.00 Å². The van der Waals surface area contributed by atoms with Crippen molar-refractivity contribution in [1.29, 1.82) is 0 Å². The van der Waals surface area contributed by atoms with Crippen LogP contribution in [0.4, 0.5) is 0 Å². The molecular formula is C11H10N2O3S. The molecule has 0 N–H and O–H groups in total. The maximum atomic E-state index is 12.1. The number of benzene rings is 1. The predicted molar refractivity (Wildman–Crippen MR) is 61.5 cm³/mol. The summed E-state index contributed by atoms with van der Waals surface area (Å²) in [6.45, 7) is 1.67. The number of hydrogen-bond acceptors (Lipinski definition) is 3. The van der Waals surface area contributed by atoms with Crippen molar-refractivity contribution in [3.05, 3.63) is 41.4 Å². The maximum Gasteiger partial charge on any atom is 0.463 e. The van der Waals surface area contributed by atoms with Crippen molar-refractivity contribution in [2.75, 3.05) is 0 Å². The first-order valence-electron chi connectivity index (χ1n) is 5.03. The van der Waals surface area contributed by atoms with Crippen LogP contribution in [0, 0.1) is 0 Å². The summed E-state index contributed by atoms with van der Waals surface area (Å²) < 4.78 is 17.1. The number of carbonyl (C=O) groups is 1. The van der Waals surface area contributed by atoms with Gasteiger partial charge in [0.15, 0.2) is 10.8 Å². The van der Waals surface area contributed by atoms with E-state index in [1.165, 1.54) is 0 Å². The van der Waals surface area contributed by atoms with E-state index in [2.05, 4.69) is 4.79 Å². The molecule has 1 fully saturated rings. The summed E-state index contributed by atoms with van der Waals surface area (Å²) in [4.78, 5) is 14.1. The van der Waals surface area contributed by atoms with Gasteiger partial charge in [-0.05, 0) is 12.5 Å². The molecule has 6 heteroatoms. The van der Waals surface area contributed by atoms with Crippen molar-refractivity contribution >= 4 is 21.8 Å². The molecule has 1 aliphatic heterocycles. The fourth-order valence-electron chi connectivity index (χ4n) is 1.78. The fraction of sp³-hybridized carbons (Fsp3) is 0.273. The van der Waals surface area contributed by atoms with Gasteiger partial charge in [0.2, 0.25) is 0 Å². The van der Waals surface area contributed by atoms with E-state index in [0.29, 0.717) is 0 Å². The van der Waals surface area contributed by atoms with Crippen LogP contribution in [0.5, 0.6) is 0 Å². The van der Waals surface area contributed by atoms with Crippen LogP contribution >= 0.6 is 0 Å². The van der Waals surface area contributed by atoms with Gasteiger partial charge in [-0.2, -0.15) is 0 Å². The molecule has 0 aliphatic carbocycles. The predicted octanol–water partition coefficient (Wildman–Crippen LogP) is 1.05. The number of nitrogens with zero attached hydrogens (tertiary/aromatic N) is 2. The highest BCUT2D eigenvalue weighted by molar-refractivity contribution is 8.02. The van der Waals surface area contributed by atoms with Crippen LogP contribution in [0.25, 0.3) is 5.53 Å². The number of cyclic esters (lactones) is 1. The Hall–Kier alpha value is -1.78. The van der Waals surface area contributed by atoms with Crippen molar-refractivity contribution < 1.29 is 18.5 Å². The molecule has 0 saturated carbocycles. The van der Waals surface area contributed by atoms with Gasteiger partial charge in [0, 0.05) is 0 Å². The van der Waals surface area contributed by atoms with Gasteiger partial charge in [0.1, 0.15) is 11.4 Å². The summed E-state index contributed by atoms with van der Waals surface area (Å²) in [7, 11) is -1.70. The fourth-order valence-corrected chi connectivity index (χ4v) is 3.12. The topological polar surface area (TPSA) is 79.8 Å². The van der Waals surface area contributed by atoms with Crippen molar-refractivity contribution in [2.45, 2.75) is 18.3 Å². The van der Waals surface area contributed by atoms with E-state index in [1.54, 1.807) is 19.1 Å². The maximum absolute atomic E-state index is 12.1. The summed E-state index contributed by atoms with van der Waals surface area (Å²) in [5, 5.41) is -0.934. The Labute approximate surface area is 100 Å². The van der Waals surface area contributed by atoms with E-state index < -0.39 is 33.2 Å². The third-order valence-electron chi connectivity index (χ3n) is 2.53. The number of hydrogen-bond donors (Lipinski definition) is 0. The molecule has 88 valence electrons. The summed E-state index contributed by atoms with van der Waals surface area (Å²) in [6.07, 6.45) is -0.517. The SMILES string of the molecule is C[C@@H]1OC(=O)C(=[N+]=[N-])[S@@](=O)[C@@H]1c1ccccc1. The van der Waals surface area contributed by atoms with Crippen molar-refractivity contribution in [3.8, 4) is 0 Å². The largest absolute Gasteiger partial charge is 0.463 e. The summed E-state index contributed by atoms with van der Waals surface area (Å²) >= 11 is 0. The molecule has 3 atom stereocenters. The molecule has 0 spiro atoms. The number of rotatable bonds is 1. The lowest BCUT2D eigenvalue weighted by molar-refractivity contribution is -0.144. The molecule has 0 bridgehead atoms. The van der Waals surface area contributed by atoms with Crippen LogP contribution in [-0.4, -0.2) is 26.1 Å². The molecule has 1 aromatic carbocycles. The second-order valence-corrected chi connectivity index (χ2v) is 5.13. The van der Waals surface area contributed by atoms with E-state index in [4.69, 9.17) is 10.3 Å². The quantitative estimate of drug-likeness (QED) is 0.424. The zero-order valence-electron chi connectivity index (χ0n) is 9.07. The molecular weight excluding hydrogens is 240 g/mol. The van der Waals surface area contributed by atoms with E-state index in [1.807, 2.05) is 18.2 Å². The molecule has 0 amide bonds. The molecule has 0 aromatic heterocycles. The van der Waals surface area contributed by atoms with Gasteiger partial charge in [0.05, 0.1) is 0 Å². The first-order valence-corrected chi connectivity index (χ1v) is 6.25. The standard InChI is InChI=1S/C11H10N2O3S/c1-7-9(8-5-3-2-4-6-8)17(15)10(13-12)11(14)16-7/h2-7,9H,1H3/t7-,9-,17-/m0/s1. The third-order valence-corrected chi connectivity index (χ3v) is 4.28. The summed E-state index contributed by atoms with van der Waals surface area (Å²) in [5.41, 5.74) is 9.46. The van der Waals surface area contributed by atoms with Crippen molar-refractivity contribution in [3.63, 3.8) is 0 Å². The second-order valence-electron chi connectivity index (χ2n) is 3.64. The first-order chi connectivity index (χ1) is 8.15. The van der Waals surface area contributed by atoms with Gasteiger partial charge in [0.25, 0.3) is 0 Å². The van der Waals surface area contributed by atoms with Crippen LogP contribution in [0.15, 0.2) is 30.3 Å². The average molecular weight is 250 g/mol. The molecule has 1 aromatic rings. The molecule has 1 heterocycles. The zero-order chi connectivity index (χ0) is 12.4. The monoisotopic (exact) mass is 250 g/mol. The summed E-state index contributed by atoms with van der Waals surface area (Å²) in [6, 6.07) is 9.06. The smallest absolute Gasteiger partial charge is 0.452 e. The Morgan fingerprint density at radius 2 is 2.00 bits per heavy atom. The Morgan fingerprint density at radius 1 is 1.35 bits per heavy atom. The minimum absolute atomic E-state index is 0.433. The van der Waals surface area contributed by atoms with Crippen molar-refractivity contribution in [1.82, 2.24) is 0 Å². The van der Waals surface area contributed by atoms with Crippen LogP contribution in [0.1, 0.15) is 17.7 Å². The van der Waals surface area contributed by atoms with Gasteiger partial charge in [-0.3, -0.25) is 0 Å². The second kappa shape index (κ2) is 4.61. The molecule has 17 heavy (non-hydrogen) atoms. The lowest BCUT2D eigenvalue weighted by atomic mass is 10.1. The van der Waals surface area contributed by atoms with E-state index in [0.717, 1.165) is 5.56 Å². The van der Waals surface area contributed by atoms with Crippen LogP contribution < -0.4 is 0 Å². The molecule has 0 unspecified atom stereocenters. The van der Waals surface area contributed by atoms with E-state index in [-0.39, 0.29) is 0 Å². The Bertz CT molecular complexity index is 523. The Kier molecular flexibility index (Phi) is 3.17. The molecule has 5 nitrogen and oxygen atoms in total. The van der Waals surface area contributed by atoms with E-state index in [9.17, 15) is 9.00 Å². The normalized spacial score (nSPS) is 28.4. The molecule has 1 aliphatic rings. The van der Waals surface area contributed by atoms with Gasteiger partial charge < -0.3 is 10.3 Å². The van der Waals surface area contributed by atoms with Gasteiger partial charge >= 0.3 is 11.0 Å². The highest BCUT2D eigenvalue weighted by atomic mass is 32.2. The Balaban J connectivity index is 2.44. The molecule has 0 radical (unpaired) electrons.